The summed E-state index contributed by atoms with van der Waals surface area (Å²) >= 11 is 0. The molecular weight excluding hydrogens is 413 g/mol. The minimum atomic E-state index is -0.429. The second kappa shape index (κ2) is 11.9. The van der Waals surface area contributed by atoms with E-state index in [9.17, 15) is 4.79 Å². The van der Waals surface area contributed by atoms with Crippen LogP contribution in [0.4, 0.5) is 0 Å². The summed E-state index contributed by atoms with van der Waals surface area (Å²) in [5, 5.41) is 6.27. The molecule has 0 fully saturated rings. The van der Waals surface area contributed by atoms with Crippen molar-refractivity contribution in [2.75, 3.05) is 41.5 Å². The van der Waals surface area contributed by atoms with Crippen LogP contribution in [0.1, 0.15) is 15.9 Å². The van der Waals surface area contributed by atoms with Crippen molar-refractivity contribution >= 4 is 35.9 Å². The van der Waals surface area contributed by atoms with Crippen LogP contribution >= 0.6 is 24.0 Å². The summed E-state index contributed by atoms with van der Waals surface area (Å²) in [6, 6.07) is 5.35. The number of aliphatic imine (C=N–C) groups is 1. The van der Waals surface area contributed by atoms with Crippen molar-refractivity contribution in [3.05, 3.63) is 29.3 Å². The van der Waals surface area contributed by atoms with Crippen molar-refractivity contribution in [3.8, 4) is 5.75 Å². The number of rotatable bonds is 7. The van der Waals surface area contributed by atoms with E-state index >= 15 is 0 Å². The number of esters is 1. The van der Waals surface area contributed by atoms with E-state index in [1.807, 2.05) is 6.07 Å². The number of hydrogen-bond donors (Lipinski definition) is 2. The molecule has 0 saturated carbocycles. The number of carbonyl (C=O) groups is 1. The molecule has 1 aromatic carbocycles. The highest BCUT2D eigenvalue weighted by atomic mass is 127. The number of ether oxygens (including phenoxy) is 3. The molecule has 1 aromatic rings. The number of carbonyl (C=O) groups excluding carboxylic acids is 1. The van der Waals surface area contributed by atoms with Crippen molar-refractivity contribution in [1.82, 2.24) is 10.6 Å². The Balaban J connectivity index is 0.00000484. The summed E-state index contributed by atoms with van der Waals surface area (Å²) in [4.78, 5) is 15.8. The maximum absolute atomic E-state index is 11.7. The smallest absolute Gasteiger partial charge is 0.341 e. The minimum Gasteiger partial charge on any atom is -0.496 e. The lowest BCUT2D eigenvalue weighted by atomic mass is 10.1. The summed E-state index contributed by atoms with van der Waals surface area (Å²) < 4.78 is 14.9. The van der Waals surface area contributed by atoms with Gasteiger partial charge in [-0.05, 0) is 17.7 Å². The first-order valence-electron chi connectivity index (χ1n) is 6.85. The van der Waals surface area contributed by atoms with E-state index in [4.69, 9.17) is 14.2 Å². The molecular formula is C15H24IN3O4. The largest absolute Gasteiger partial charge is 0.496 e. The number of methoxy groups -OCH3 is 3. The van der Waals surface area contributed by atoms with Crippen molar-refractivity contribution in [2.24, 2.45) is 4.99 Å². The highest BCUT2D eigenvalue weighted by molar-refractivity contribution is 14.0. The maximum Gasteiger partial charge on any atom is 0.341 e. The standard InChI is InChI=1S/C15H23N3O4.HI/c1-16-15(17-7-8-20-2)18-10-11-5-6-13(21-3)12(9-11)14(19)22-4;/h5-6,9H,7-8,10H2,1-4H3,(H2,16,17,18);1H. The van der Waals surface area contributed by atoms with Gasteiger partial charge < -0.3 is 24.8 Å². The quantitative estimate of drug-likeness (QED) is 0.221. The van der Waals surface area contributed by atoms with Crippen molar-refractivity contribution in [1.29, 1.82) is 0 Å². The molecule has 0 amide bonds. The topological polar surface area (TPSA) is 81.2 Å². The minimum absolute atomic E-state index is 0. The highest BCUT2D eigenvalue weighted by Gasteiger charge is 2.13. The van der Waals surface area contributed by atoms with Gasteiger partial charge in [-0.25, -0.2) is 4.79 Å². The van der Waals surface area contributed by atoms with Crippen LogP contribution < -0.4 is 15.4 Å². The van der Waals surface area contributed by atoms with Gasteiger partial charge in [-0.15, -0.1) is 24.0 Å². The maximum atomic E-state index is 11.7. The fourth-order valence-corrected chi connectivity index (χ4v) is 1.81. The Bertz CT molecular complexity index is 523. The van der Waals surface area contributed by atoms with Crippen molar-refractivity contribution < 1.29 is 19.0 Å². The number of halogens is 1. The van der Waals surface area contributed by atoms with E-state index in [0.29, 0.717) is 37.0 Å². The Labute approximate surface area is 153 Å². The monoisotopic (exact) mass is 437 g/mol. The molecule has 0 aromatic heterocycles. The molecule has 7 nitrogen and oxygen atoms in total. The average Bonchev–Trinajstić information content (AvgIpc) is 2.57. The first-order chi connectivity index (χ1) is 10.7. The Kier molecular flexibility index (Phi) is 11.1. The first kappa shape index (κ1) is 21.4. The molecule has 0 aliphatic carbocycles. The molecule has 130 valence electrons. The van der Waals surface area contributed by atoms with Crippen LogP contribution in [0.5, 0.6) is 5.75 Å². The molecule has 0 aliphatic rings. The lowest BCUT2D eigenvalue weighted by Gasteiger charge is -2.13. The van der Waals surface area contributed by atoms with Crippen molar-refractivity contribution in [3.63, 3.8) is 0 Å². The fourth-order valence-electron chi connectivity index (χ4n) is 1.81. The Hall–Kier alpha value is -1.55. The molecule has 8 heteroatoms. The van der Waals surface area contributed by atoms with Gasteiger partial charge in [0.2, 0.25) is 0 Å². The van der Waals surface area contributed by atoms with Gasteiger partial charge in [0.25, 0.3) is 0 Å². The number of benzene rings is 1. The van der Waals surface area contributed by atoms with Gasteiger partial charge >= 0.3 is 5.97 Å². The van der Waals surface area contributed by atoms with E-state index in [0.717, 1.165) is 5.56 Å². The van der Waals surface area contributed by atoms with Gasteiger partial charge in [-0.1, -0.05) is 6.07 Å². The molecule has 0 unspecified atom stereocenters. The van der Waals surface area contributed by atoms with Gasteiger partial charge in [-0.2, -0.15) is 0 Å². The van der Waals surface area contributed by atoms with Crippen LogP contribution in [0.2, 0.25) is 0 Å². The van der Waals surface area contributed by atoms with E-state index in [2.05, 4.69) is 15.6 Å². The Morgan fingerprint density at radius 3 is 2.52 bits per heavy atom. The van der Waals surface area contributed by atoms with Crippen LogP contribution in [0.15, 0.2) is 23.2 Å². The van der Waals surface area contributed by atoms with Gasteiger partial charge in [0.1, 0.15) is 11.3 Å². The lowest BCUT2D eigenvalue weighted by Crippen LogP contribution is -2.38. The summed E-state index contributed by atoms with van der Waals surface area (Å²) in [5.74, 6) is 0.715. The summed E-state index contributed by atoms with van der Waals surface area (Å²) in [6.45, 7) is 1.77. The average molecular weight is 437 g/mol. The SMILES string of the molecule is CN=C(NCCOC)NCc1ccc(OC)c(C(=O)OC)c1.I. The second-order valence-electron chi connectivity index (χ2n) is 4.37. The molecule has 23 heavy (non-hydrogen) atoms. The normalized spacial score (nSPS) is 10.5. The number of nitrogens with one attached hydrogen (secondary N) is 2. The third-order valence-corrected chi connectivity index (χ3v) is 2.95. The molecule has 0 heterocycles. The van der Waals surface area contributed by atoms with Crippen LogP contribution in [-0.2, 0) is 16.0 Å². The zero-order valence-corrected chi connectivity index (χ0v) is 16.2. The lowest BCUT2D eigenvalue weighted by molar-refractivity contribution is 0.0597. The van der Waals surface area contributed by atoms with Gasteiger partial charge in [0, 0.05) is 27.2 Å². The van der Waals surface area contributed by atoms with Gasteiger partial charge in [0.05, 0.1) is 20.8 Å². The second-order valence-corrected chi connectivity index (χ2v) is 4.37. The number of nitrogens with zero attached hydrogens (tertiary/aromatic N) is 1. The highest BCUT2D eigenvalue weighted by Crippen LogP contribution is 2.20. The molecule has 1 rings (SSSR count). The molecule has 0 spiro atoms. The zero-order valence-electron chi connectivity index (χ0n) is 13.8. The number of hydrogen-bond acceptors (Lipinski definition) is 5. The first-order valence-corrected chi connectivity index (χ1v) is 6.85. The van der Waals surface area contributed by atoms with Crippen molar-refractivity contribution in [2.45, 2.75) is 6.54 Å². The summed E-state index contributed by atoms with van der Waals surface area (Å²) in [6.07, 6.45) is 0. The third-order valence-electron chi connectivity index (χ3n) is 2.95. The van der Waals surface area contributed by atoms with Gasteiger partial charge in [0.15, 0.2) is 5.96 Å². The fraction of sp³-hybridized carbons (Fsp3) is 0.467. The molecule has 0 radical (unpaired) electrons. The summed E-state index contributed by atoms with van der Waals surface area (Å²) in [5.41, 5.74) is 1.31. The Morgan fingerprint density at radius 1 is 1.22 bits per heavy atom. The van der Waals surface area contributed by atoms with E-state index < -0.39 is 5.97 Å². The molecule has 2 N–H and O–H groups in total. The van der Waals surface area contributed by atoms with E-state index in [1.165, 1.54) is 14.2 Å². The predicted molar refractivity (Wildman–Crippen MR) is 99.8 cm³/mol. The third kappa shape index (κ3) is 7.04. The summed E-state index contributed by atoms with van der Waals surface area (Å²) in [7, 11) is 6.19. The number of guanidine groups is 1. The van der Waals surface area contributed by atoms with Gasteiger partial charge in [-0.3, -0.25) is 4.99 Å². The molecule has 0 bridgehead atoms. The van der Waals surface area contributed by atoms with Crippen LogP contribution in [0.25, 0.3) is 0 Å². The van der Waals surface area contributed by atoms with Crippen LogP contribution in [0.3, 0.4) is 0 Å². The predicted octanol–water partition coefficient (Wildman–Crippen LogP) is 1.41. The van der Waals surface area contributed by atoms with E-state index in [1.54, 1.807) is 26.3 Å². The molecule has 0 aliphatic heterocycles. The van der Waals surface area contributed by atoms with Crippen LogP contribution in [-0.4, -0.2) is 53.5 Å². The molecule has 0 saturated heterocycles. The Morgan fingerprint density at radius 2 is 1.96 bits per heavy atom. The van der Waals surface area contributed by atoms with E-state index in [-0.39, 0.29) is 24.0 Å². The molecule has 0 atom stereocenters. The van der Waals surface area contributed by atoms with Crippen LogP contribution in [0, 0.1) is 0 Å². The zero-order chi connectivity index (χ0) is 16.4.